The topological polar surface area (TPSA) is 235 Å². The molecule has 2 N–H and O–H groups in total. The first kappa shape index (κ1) is 38.8. The third-order valence-corrected chi connectivity index (χ3v) is 7.30. The Morgan fingerprint density at radius 2 is 1.29 bits per heavy atom. The lowest BCUT2D eigenvalue weighted by atomic mass is 9.86. The molecule has 0 bridgehead atoms. The van der Waals surface area contributed by atoms with E-state index < -0.39 is 115 Å². The third-order valence-electron chi connectivity index (χ3n) is 7.30. The number of para-hydroxylation sites is 1. The van der Waals surface area contributed by atoms with Crippen LogP contribution in [0.25, 0.3) is 0 Å². The Morgan fingerprint density at radius 1 is 0.735 bits per heavy atom. The van der Waals surface area contributed by atoms with Gasteiger partial charge in [0.15, 0.2) is 36.1 Å². The normalized spacial score (nSPS) is 29.4. The lowest BCUT2D eigenvalue weighted by Gasteiger charge is -2.51. The molecule has 0 saturated carbocycles. The third kappa shape index (κ3) is 10.4. The molecular weight excluding hydrogens is 660 g/mol. The molecule has 0 amide bonds. The summed E-state index contributed by atoms with van der Waals surface area (Å²) in [5.41, 5.74) is -1.86. The van der Waals surface area contributed by atoms with Crippen LogP contribution in [0.2, 0.25) is 0 Å². The van der Waals surface area contributed by atoms with Crippen LogP contribution in [0.4, 0.5) is 0 Å². The molecule has 272 valence electrons. The van der Waals surface area contributed by atoms with E-state index in [2.05, 4.69) is 0 Å². The molecule has 1 aromatic rings. The van der Waals surface area contributed by atoms with Gasteiger partial charge >= 0.3 is 35.8 Å². The fourth-order valence-electron chi connectivity index (χ4n) is 5.26. The van der Waals surface area contributed by atoms with Crippen molar-refractivity contribution in [3.63, 3.8) is 0 Å². The molecule has 9 atom stereocenters. The van der Waals surface area contributed by atoms with Gasteiger partial charge in [-0.1, -0.05) is 6.07 Å². The first-order chi connectivity index (χ1) is 22.9. The van der Waals surface area contributed by atoms with Crippen molar-refractivity contribution in [3.8, 4) is 17.2 Å². The number of carbonyl (C=O) groups is 6. The molecule has 0 radical (unpaired) electrons. The van der Waals surface area contributed by atoms with Crippen LogP contribution in [0.3, 0.4) is 0 Å². The summed E-state index contributed by atoms with van der Waals surface area (Å²) < 4.78 is 56.7. The van der Waals surface area contributed by atoms with Gasteiger partial charge in [0.25, 0.3) is 0 Å². The van der Waals surface area contributed by atoms with E-state index in [1.807, 2.05) is 0 Å². The van der Waals surface area contributed by atoms with Crippen molar-refractivity contribution in [3.05, 3.63) is 18.2 Å². The minimum Gasteiger partial charge on any atom is -0.504 e. The Balaban J connectivity index is 2.11. The van der Waals surface area contributed by atoms with Crippen molar-refractivity contribution in [1.29, 1.82) is 0 Å². The number of phenolic OH excluding ortho intramolecular Hbond substituents is 2. The lowest BCUT2D eigenvalue weighted by molar-refractivity contribution is -0.367. The average molecular weight is 701 g/mol. The molecule has 0 unspecified atom stereocenters. The van der Waals surface area contributed by atoms with Crippen LogP contribution in [0.1, 0.15) is 54.9 Å². The van der Waals surface area contributed by atoms with E-state index in [9.17, 15) is 39.0 Å². The molecule has 1 aromatic carbocycles. The SMILES string of the molecule is CC(=O)OC[C@H]1O[C@H](O[C@]2(C)[C@H](OC(C)=O)C[C@H](Oc3cccc(O)c3O)O[C@@H]2COC(C)=O)[C@H](OC(C)=O)[C@@H](OC(C)=O)[C@@H]1OC(C)=O. The number of hydrogen-bond acceptors (Lipinski definition) is 18. The van der Waals surface area contributed by atoms with Crippen molar-refractivity contribution in [2.45, 2.75) is 110 Å². The molecule has 2 aliphatic rings. The molecule has 18 heteroatoms. The van der Waals surface area contributed by atoms with Gasteiger partial charge in [-0.25, -0.2) is 0 Å². The monoisotopic (exact) mass is 700 g/mol. The standard InChI is InChI=1S/C31H40O18/c1-14(32)40-12-22-27(43-17(4)35)28(44-18(5)36)29(45-19(6)37)30(47-22)49-31(7)23(42-16(3)34)11-25(48-24(31)13-41-15(2)33)46-21-10-8-9-20(38)26(21)39/h8-10,22-25,27-30,38-39H,11-13H2,1-7H3/t22-,23-,24-,25-,27-,28+,29-,30-,31-/m1/s1. The number of aromatic hydroxyl groups is 2. The fraction of sp³-hybridized carbons (Fsp3) is 0.613. The van der Waals surface area contributed by atoms with Gasteiger partial charge in [0, 0.05) is 41.5 Å². The predicted octanol–water partition coefficient (Wildman–Crippen LogP) is 0.945. The number of esters is 6. The zero-order chi connectivity index (χ0) is 36.6. The molecule has 49 heavy (non-hydrogen) atoms. The molecule has 0 spiro atoms. The molecule has 2 fully saturated rings. The summed E-state index contributed by atoms with van der Waals surface area (Å²) in [5, 5.41) is 20.2. The summed E-state index contributed by atoms with van der Waals surface area (Å²) >= 11 is 0. The van der Waals surface area contributed by atoms with Crippen molar-refractivity contribution in [2.24, 2.45) is 0 Å². The van der Waals surface area contributed by atoms with E-state index in [4.69, 9.17) is 47.4 Å². The number of rotatable bonds is 12. The molecule has 2 heterocycles. The number of benzene rings is 1. The molecular formula is C31H40O18. The highest BCUT2D eigenvalue weighted by Crippen LogP contribution is 2.42. The fourth-order valence-corrected chi connectivity index (χ4v) is 5.26. The van der Waals surface area contributed by atoms with Crippen LogP contribution in [-0.4, -0.2) is 114 Å². The van der Waals surface area contributed by atoms with Crippen LogP contribution >= 0.6 is 0 Å². The number of phenols is 2. The first-order valence-corrected chi connectivity index (χ1v) is 15.0. The summed E-state index contributed by atoms with van der Waals surface area (Å²) in [5.74, 6) is -6.14. The maximum atomic E-state index is 12.4. The summed E-state index contributed by atoms with van der Waals surface area (Å²) in [6.45, 7) is 6.85. The molecule has 18 nitrogen and oxygen atoms in total. The Morgan fingerprint density at radius 3 is 1.86 bits per heavy atom. The molecule has 0 aromatic heterocycles. The second-order valence-electron chi connectivity index (χ2n) is 11.3. The smallest absolute Gasteiger partial charge is 0.303 e. The second-order valence-corrected chi connectivity index (χ2v) is 11.3. The Kier molecular flexibility index (Phi) is 13.2. The van der Waals surface area contributed by atoms with Gasteiger partial charge in [0.1, 0.15) is 37.1 Å². The summed E-state index contributed by atoms with van der Waals surface area (Å²) in [4.78, 5) is 72.7. The van der Waals surface area contributed by atoms with Crippen LogP contribution in [0.5, 0.6) is 17.2 Å². The summed E-state index contributed by atoms with van der Waals surface area (Å²) in [6.07, 6.45) is -12.1. The molecule has 3 rings (SSSR count). The van der Waals surface area contributed by atoms with Gasteiger partial charge in [0.2, 0.25) is 12.0 Å². The maximum Gasteiger partial charge on any atom is 0.303 e. The molecule has 0 aliphatic carbocycles. The Labute approximate surface area is 280 Å². The van der Waals surface area contributed by atoms with Crippen molar-refractivity contribution < 1.29 is 86.3 Å². The summed E-state index contributed by atoms with van der Waals surface area (Å²) in [7, 11) is 0. The molecule has 2 saturated heterocycles. The lowest BCUT2D eigenvalue weighted by Crippen LogP contribution is -2.68. The van der Waals surface area contributed by atoms with Gasteiger partial charge in [-0.15, -0.1) is 0 Å². The quantitative estimate of drug-likeness (QED) is 0.175. The van der Waals surface area contributed by atoms with Gasteiger partial charge in [0.05, 0.1) is 6.42 Å². The highest BCUT2D eigenvalue weighted by molar-refractivity contribution is 5.69. The van der Waals surface area contributed by atoms with E-state index in [0.717, 1.165) is 41.5 Å². The van der Waals surface area contributed by atoms with Crippen molar-refractivity contribution in [2.75, 3.05) is 13.2 Å². The highest BCUT2D eigenvalue weighted by Gasteiger charge is 2.59. The van der Waals surface area contributed by atoms with Gasteiger partial charge in [-0.3, -0.25) is 28.8 Å². The van der Waals surface area contributed by atoms with Crippen LogP contribution in [-0.2, 0) is 71.4 Å². The minimum atomic E-state index is -1.86. The highest BCUT2D eigenvalue weighted by atomic mass is 16.8. The minimum absolute atomic E-state index is 0.193. The van der Waals surface area contributed by atoms with Crippen molar-refractivity contribution >= 4 is 35.8 Å². The van der Waals surface area contributed by atoms with Gasteiger partial charge in [-0.2, -0.15) is 0 Å². The van der Waals surface area contributed by atoms with Crippen molar-refractivity contribution in [1.82, 2.24) is 0 Å². The van der Waals surface area contributed by atoms with E-state index >= 15 is 0 Å². The van der Waals surface area contributed by atoms with Crippen LogP contribution < -0.4 is 4.74 Å². The van der Waals surface area contributed by atoms with E-state index in [-0.39, 0.29) is 12.2 Å². The zero-order valence-corrected chi connectivity index (χ0v) is 27.9. The van der Waals surface area contributed by atoms with E-state index in [0.29, 0.717) is 0 Å². The number of hydrogen-bond donors (Lipinski definition) is 2. The second kappa shape index (κ2) is 16.6. The first-order valence-electron chi connectivity index (χ1n) is 15.0. The van der Waals surface area contributed by atoms with Gasteiger partial charge in [-0.05, 0) is 19.1 Å². The largest absolute Gasteiger partial charge is 0.504 e. The number of ether oxygens (including phenoxy) is 10. The Hall–Kier alpha value is -4.68. The molecule has 2 aliphatic heterocycles. The Bertz CT molecular complexity index is 1390. The van der Waals surface area contributed by atoms with E-state index in [1.165, 1.54) is 25.1 Å². The van der Waals surface area contributed by atoms with Crippen LogP contribution in [0, 0.1) is 0 Å². The van der Waals surface area contributed by atoms with E-state index in [1.54, 1.807) is 0 Å². The predicted molar refractivity (Wildman–Crippen MR) is 157 cm³/mol. The maximum absolute atomic E-state index is 12.4. The number of carbonyl (C=O) groups excluding carboxylic acids is 6. The van der Waals surface area contributed by atoms with Crippen LogP contribution in [0.15, 0.2) is 18.2 Å². The average Bonchev–Trinajstić information content (AvgIpc) is 2.97. The zero-order valence-electron chi connectivity index (χ0n) is 27.9. The summed E-state index contributed by atoms with van der Waals surface area (Å²) in [6, 6.07) is 3.94. The van der Waals surface area contributed by atoms with Gasteiger partial charge < -0.3 is 57.6 Å².